The third kappa shape index (κ3) is 3.60. The van der Waals surface area contributed by atoms with E-state index in [0.717, 1.165) is 17.4 Å². The largest absolute Gasteiger partial charge is 0.480 e. The van der Waals surface area contributed by atoms with Gasteiger partial charge in [-0.2, -0.15) is 0 Å². The summed E-state index contributed by atoms with van der Waals surface area (Å²) < 4.78 is 5.85. The summed E-state index contributed by atoms with van der Waals surface area (Å²) in [5.74, 6) is 2.38. The van der Waals surface area contributed by atoms with E-state index in [2.05, 4.69) is 6.92 Å². The highest BCUT2D eigenvalue weighted by atomic mass is 16.4. The Morgan fingerprint density at radius 1 is 1.47 bits per heavy atom. The first-order valence-corrected chi connectivity index (χ1v) is 6.83. The topological polar surface area (TPSA) is 53.7 Å². The van der Waals surface area contributed by atoms with E-state index in [1.54, 1.807) is 0 Å². The second kappa shape index (κ2) is 5.00. The van der Waals surface area contributed by atoms with E-state index in [4.69, 9.17) is 9.52 Å². The van der Waals surface area contributed by atoms with Crippen molar-refractivity contribution in [2.75, 3.05) is 6.54 Å². The van der Waals surface area contributed by atoms with Gasteiger partial charge in [0.15, 0.2) is 0 Å². The molecule has 106 valence electrons. The van der Waals surface area contributed by atoms with E-state index in [1.165, 1.54) is 6.42 Å². The van der Waals surface area contributed by atoms with Crippen molar-refractivity contribution in [3.8, 4) is 0 Å². The quantitative estimate of drug-likeness (QED) is 0.889. The Morgan fingerprint density at radius 2 is 2.11 bits per heavy atom. The van der Waals surface area contributed by atoms with Gasteiger partial charge in [0.2, 0.25) is 0 Å². The lowest BCUT2D eigenvalue weighted by atomic mass is 10.1. The average Bonchev–Trinajstić information content (AvgIpc) is 2.82. The molecule has 0 spiro atoms. The van der Waals surface area contributed by atoms with Gasteiger partial charge in [0, 0.05) is 11.5 Å². The first-order valence-electron chi connectivity index (χ1n) is 6.83. The molecule has 0 bridgehead atoms. The van der Waals surface area contributed by atoms with Crippen LogP contribution in [0.4, 0.5) is 0 Å². The summed E-state index contributed by atoms with van der Waals surface area (Å²) in [6, 6.07) is 4.01. The molecular formula is C15H23NO3. The molecule has 1 heterocycles. The van der Waals surface area contributed by atoms with E-state index in [9.17, 15) is 4.79 Å². The molecule has 4 nitrogen and oxygen atoms in total. The van der Waals surface area contributed by atoms with Gasteiger partial charge in [-0.15, -0.1) is 0 Å². The Morgan fingerprint density at radius 3 is 2.58 bits per heavy atom. The van der Waals surface area contributed by atoms with Gasteiger partial charge in [-0.05, 0) is 45.2 Å². The molecular weight excluding hydrogens is 242 g/mol. The fraction of sp³-hybridized carbons (Fsp3) is 0.667. The number of nitrogens with zero attached hydrogens (tertiary/aromatic N) is 1. The fourth-order valence-electron chi connectivity index (χ4n) is 2.28. The number of carboxylic acids is 1. The minimum absolute atomic E-state index is 0.0271. The summed E-state index contributed by atoms with van der Waals surface area (Å²) in [6.45, 7) is 8.84. The van der Waals surface area contributed by atoms with Crippen molar-refractivity contribution in [3.63, 3.8) is 0 Å². The highest BCUT2D eigenvalue weighted by Gasteiger charge is 2.36. The SMILES string of the molecule is CC1CC1c1ccc(CN(CC(=O)O)C(C)(C)C)o1. The van der Waals surface area contributed by atoms with Gasteiger partial charge in [0.05, 0.1) is 13.1 Å². The zero-order chi connectivity index (χ0) is 14.2. The van der Waals surface area contributed by atoms with Crippen LogP contribution in [0.25, 0.3) is 0 Å². The number of furan rings is 1. The Labute approximate surface area is 114 Å². The second-order valence-electron chi connectivity index (χ2n) is 6.54. The molecule has 0 saturated heterocycles. The van der Waals surface area contributed by atoms with Crippen LogP contribution >= 0.6 is 0 Å². The van der Waals surface area contributed by atoms with Gasteiger partial charge in [-0.25, -0.2) is 0 Å². The lowest BCUT2D eigenvalue weighted by Gasteiger charge is -2.33. The predicted octanol–water partition coefficient (Wildman–Crippen LogP) is 3.09. The van der Waals surface area contributed by atoms with Crippen molar-refractivity contribution in [2.45, 2.75) is 52.1 Å². The molecule has 1 aromatic heterocycles. The van der Waals surface area contributed by atoms with Crippen molar-refractivity contribution in [1.29, 1.82) is 0 Å². The molecule has 0 aliphatic heterocycles. The number of aliphatic carboxylic acids is 1. The zero-order valence-corrected chi connectivity index (χ0v) is 12.1. The molecule has 0 aromatic carbocycles. The van der Waals surface area contributed by atoms with Gasteiger partial charge in [0.1, 0.15) is 11.5 Å². The maximum absolute atomic E-state index is 10.9. The predicted molar refractivity (Wildman–Crippen MR) is 73.0 cm³/mol. The highest BCUT2D eigenvalue weighted by molar-refractivity contribution is 5.69. The molecule has 0 radical (unpaired) electrons. The van der Waals surface area contributed by atoms with Crippen LogP contribution in [-0.4, -0.2) is 28.1 Å². The van der Waals surface area contributed by atoms with E-state index in [1.807, 2.05) is 37.8 Å². The standard InChI is InChI=1S/C15H23NO3/c1-10-7-12(10)13-6-5-11(19-13)8-16(9-14(17)18)15(2,3)4/h5-6,10,12H,7-9H2,1-4H3,(H,17,18). The number of hydrogen-bond acceptors (Lipinski definition) is 3. The minimum atomic E-state index is -0.808. The van der Waals surface area contributed by atoms with Crippen molar-refractivity contribution in [1.82, 2.24) is 4.90 Å². The minimum Gasteiger partial charge on any atom is -0.480 e. The van der Waals surface area contributed by atoms with Gasteiger partial charge >= 0.3 is 5.97 Å². The maximum Gasteiger partial charge on any atom is 0.317 e. The molecule has 1 N–H and O–H groups in total. The number of hydrogen-bond donors (Lipinski definition) is 1. The monoisotopic (exact) mass is 265 g/mol. The summed E-state index contributed by atoms with van der Waals surface area (Å²) in [5.41, 5.74) is -0.196. The number of rotatable bonds is 5. The molecule has 1 aromatic rings. The summed E-state index contributed by atoms with van der Waals surface area (Å²) in [6.07, 6.45) is 1.20. The molecule has 1 aliphatic rings. The molecule has 2 atom stereocenters. The zero-order valence-electron chi connectivity index (χ0n) is 12.1. The third-order valence-electron chi connectivity index (χ3n) is 3.78. The second-order valence-corrected chi connectivity index (χ2v) is 6.54. The molecule has 2 rings (SSSR count). The molecule has 1 aliphatic carbocycles. The van der Waals surface area contributed by atoms with Crippen molar-refractivity contribution in [3.05, 3.63) is 23.7 Å². The number of carboxylic acid groups (broad SMARTS) is 1. The first kappa shape index (κ1) is 14.1. The first-order chi connectivity index (χ1) is 8.77. The van der Waals surface area contributed by atoms with Crippen molar-refractivity contribution < 1.29 is 14.3 Å². The van der Waals surface area contributed by atoms with E-state index in [-0.39, 0.29) is 12.1 Å². The molecule has 1 fully saturated rings. The maximum atomic E-state index is 10.9. The Hall–Kier alpha value is -1.29. The van der Waals surface area contributed by atoms with Crippen LogP contribution in [0.5, 0.6) is 0 Å². The fourth-order valence-corrected chi connectivity index (χ4v) is 2.28. The van der Waals surface area contributed by atoms with Gasteiger partial charge in [-0.1, -0.05) is 6.92 Å². The molecule has 1 saturated carbocycles. The summed E-state index contributed by atoms with van der Waals surface area (Å²) >= 11 is 0. The van der Waals surface area contributed by atoms with Crippen molar-refractivity contribution >= 4 is 5.97 Å². The Balaban J connectivity index is 2.04. The van der Waals surface area contributed by atoms with Crippen LogP contribution in [-0.2, 0) is 11.3 Å². The van der Waals surface area contributed by atoms with Gasteiger partial charge < -0.3 is 9.52 Å². The van der Waals surface area contributed by atoms with Crippen LogP contribution in [0.1, 0.15) is 51.6 Å². The van der Waals surface area contributed by atoms with Crippen LogP contribution in [0.3, 0.4) is 0 Å². The third-order valence-corrected chi connectivity index (χ3v) is 3.78. The molecule has 2 unspecified atom stereocenters. The smallest absolute Gasteiger partial charge is 0.317 e. The summed E-state index contributed by atoms with van der Waals surface area (Å²) in [5, 5.41) is 8.99. The van der Waals surface area contributed by atoms with Gasteiger partial charge in [-0.3, -0.25) is 9.69 Å². The number of carbonyl (C=O) groups is 1. The Bertz CT molecular complexity index is 458. The molecule has 4 heteroatoms. The highest BCUT2D eigenvalue weighted by Crippen LogP contribution is 2.47. The van der Waals surface area contributed by atoms with Crippen LogP contribution < -0.4 is 0 Å². The van der Waals surface area contributed by atoms with Crippen molar-refractivity contribution in [2.24, 2.45) is 5.92 Å². The molecule has 19 heavy (non-hydrogen) atoms. The lowest BCUT2D eigenvalue weighted by Crippen LogP contribution is -2.43. The lowest BCUT2D eigenvalue weighted by molar-refractivity contribution is -0.140. The average molecular weight is 265 g/mol. The summed E-state index contributed by atoms with van der Waals surface area (Å²) in [4.78, 5) is 12.9. The van der Waals surface area contributed by atoms with E-state index >= 15 is 0 Å². The van der Waals surface area contributed by atoms with E-state index in [0.29, 0.717) is 12.5 Å². The Kier molecular flexibility index (Phi) is 3.72. The normalized spacial score (nSPS) is 22.8. The van der Waals surface area contributed by atoms with Gasteiger partial charge in [0.25, 0.3) is 0 Å². The summed E-state index contributed by atoms with van der Waals surface area (Å²) in [7, 11) is 0. The van der Waals surface area contributed by atoms with Crippen LogP contribution in [0.2, 0.25) is 0 Å². The van der Waals surface area contributed by atoms with Crippen LogP contribution in [0, 0.1) is 5.92 Å². The van der Waals surface area contributed by atoms with Crippen LogP contribution in [0.15, 0.2) is 16.5 Å². The molecule has 0 amide bonds. The van der Waals surface area contributed by atoms with E-state index < -0.39 is 5.97 Å².